The van der Waals surface area contributed by atoms with E-state index >= 15 is 0 Å². The molecule has 0 fully saturated rings. The van der Waals surface area contributed by atoms with Crippen LogP contribution in [0.15, 0.2) is 94.0 Å². The number of sulfonamides is 1. The number of nitrogens with one attached hydrogen (secondary N) is 2. The van der Waals surface area contributed by atoms with Gasteiger partial charge in [0, 0.05) is 5.69 Å². The van der Waals surface area contributed by atoms with Crippen molar-refractivity contribution >= 4 is 33.0 Å². The van der Waals surface area contributed by atoms with E-state index in [4.69, 9.17) is 0 Å². The Kier molecular flexibility index (Phi) is 8.08. The van der Waals surface area contributed by atoms with Crippen LogP contribution in [0.4, 0.5) is 17.1 Å². The lowest BCUT2D eigenvalue weighted by atomic mass is 10.0. The molecule has 0 radical (unpaired) electrons. The number of carbonyl (C=O) groups excluding carboxylic acids is 1. The van der Waals surface area contributed by atoms with Crippen LogP contribution in [-0.4, -0.2) is 20.4 Å². The average molecular weight is 465 g/mol. The normalized spacial score (nSPS) is 12.7. The minimum atomic E-state index is -3.84. The fourth-order valence-corrected chi connectivity index (χ4v) is 4.31. The van der Waals surface area contributed by atoms with E-state index < -0.39 is 22.0 Å². The Morgan fingerprint density at radius 1 is 0.848 bits per heavy atom. The first-order valence-electron chi connectivity index (χ1n) is 10.7. The zero-order valence-corrected chi connectivity index (χ0v) is 19.7. The average Bonchev–Trinajstić information content (AvgIpc) is 2.78. The Balaban J connectivity index is 1.69. The lowest BCUT2D eigenvalue weighted by Gasteiger charge is -2.20. The molecule has 3 aromatic rings. The van der Waals surface area contributed by atoms with E-state index in [1.165, 1.54) is 12.1 Å². The van der Waals surface area contributed by atoms with Crippen molar-refractivity contribution in [1.82, 2.24) is 4.72 Å². The molecule has 8 heteroatoms. The fraction of sp³-hybridized carbons (Fsp3) is 0.240. The number of azo groups is 1. The summed E-state index contributed by atoms with van der Waals surface area (Å²) < 4.78 is 28.2. The van der Waals surface area contributed by atoms with Gasteiger partial charge in [0.05, 0.1) is 16.3 Å². The number of amides is 1. The third kappa shape index (κ3) is 7.34. The number of nitrogens with zero attached hydrogens (tertiary/aromatic N) is 2. The molecule has 3 aromatic carbocycles. The zero-order chi connectivity index (χ0) is 23.8. The Morgan fingerprint density at radius 2 is 1.42 bits per heavy atom. The largest absolute Gasteiger partial charge is 0.325 e. The van der Waals surface area contributed by atoms with Crippen molar-refractivity contribution in [3.05, 3.63) is 84.4 Å². The molecule has 0 saturated carbocycles. The SMILES string of the molecule is Cc1ccc(S(=O)(=O)N[C@@H](CC(C)C)C(=O)Nc2ccc(N=Nc3ccccc3)cc2)cc1. The van der Waals surface area contributed by atoms with E-state index in [2.05, 4.69) is 20.3 Å². The maximum Gasteiger partial charge on any atom is 0.242 e. The predicted octanol–water partition coefficient (Wildman–Crippen LogP) is 5.74. The first-order valence-corrected chi connectivity index (χ1v) is 12.2. The van der Waals surface area contributed by atoms with Crippen molar-refractivity contribution in [2.75, 3.05) is 5.32 Å². The molecule has 0 saturated heterocycles. The Hall–Kier alpha value is -3.36. The van der Waals surface area contributed by atoms with Gasteiger partial charge in [-0.2, -0.15) is 15.0 Å². The molecule has 172 valence electrons. The Morgan fingerprint density at radius 3 is 2.00 bits per heavy atom. The maximum absolute atomic E-state index is 12.9. The lowest BCUT2D eigenvalue weighted by Crippen LogP contribution is -2.44. The molecule has 0 unspecified atom stereocenters. The number of rotatable bonds is 9. The summed E-state index contributed by atoms with van der Waals surface area (Å²) in [6.45, 7) is 5.76. The van der Waals surface area contributed by atoms with Gasteiger partial charge in [-0.15, -0.1) is 0 Å². The first kappa shape index (κ1) is 24.3. The van der Waals surface area contributed by atoms with E-state index in [-0.39, 0.29) is 10.8 Å². The van der Waals surface area contributed by atoms with Crippen LogP contribution in [0, 0.1) is 12.8 Å². The van der Waals surface area contributed by atoms with Gasteiger partial charge >= 0.3 is 0 Å². The van der Waals surface area contributed by atoms with E-state index in [0.29, 0.717) is 17.8 Å². The third-order valence-electron chi connectivity index (χ3n) is 4.82. The van der Waals surface area contributed by atoms with Crippen LogP contribution in [0.1, 0.15) is 25.8 Å². The van der Waals surface area contributed by atoms with Crippen LogP contribution in [0.3, 0.4) is 0 Å². The van der Waals surface area contributed by atoms with Gasteiger partial charge in [-0.3, -0.25) is 4.79 Å². The summed E-state index contributed by atoms with van der Waals surface area (Å²) in [4.78, 5) is 13.1. The summed E-state index contributed by atoms with van der Waals surface area (Å²) in [6.07, 6.45) is 0.361. The molecule has 0 aliphatic rings. The quantitative estimate of drug-likeness (QED) is 0.395. The number of aryl methyl sites for hydroxylation is 1. The molecule has 33 heavy (non-hydrogen) atoms. The monoisotopic (exact) mass is 464 g/mol. The van der Waals surface area contributed by atoms with E-state index in [1.54, 1.807) is 36.4 Å². The highest BCUT2D eigenvalue weighted by Crippen LogP contribution is 2.21. The molecule has 0 aromatic heterocycles. The van der Waals surface area contributed by atoms with Crippen LogP contribution in [0.2, 0.25) is 0 Å². The molecule has 1 atom stereocenters. The molecule has 0 heterocycles. The van der Waals surface area contributed by atoms with Gasteiger partial charge < -0.3 is 5.32 Å². The molecule has 0 aliphatic heterocycles. The van der Waals surface area contributed by atoms with Crippen LogP contribution in [0.5, 0.6) is 0 Å². The van der Waals surface area contributed by atoms with Gasteiger partial charge in [-0.1, -0.05) is 49.7 Å². The van der Waals surface area contributed by atoms with E-state index in [9.17, 15) is 13.2 Å². The molecule has 0 bridgehead atoms. The van der Waals surface area contributed by atoms with Crippen molar-refractivity contribution in [2.45, 2.75) is 38.1 Å². The summed E-state index contributed by atoms with van der Waals surface area (Å²) >= 11 is 0. The molecular weight excluding hydrogens is 436 g/mol. The Labute approximate surface area is 195 Å². The van der Waals surface area contributed by atoms with Gasteiger partial charge in [-0.05, 0) is 67.8 Å². The highest BCUT2D eigenvalue weighted by Gasteiger charge is 2.26. The van der Waals surface area contributed by atoms with Crippen LogP contribution >= 0.6 is 0 Å². The molecule has 2 N–H and O–H groups in total. The number of anilines is 1. The Bertz CT molecular complexity index is 1190. The second kappa shape index (κ2) is 11.0. The first-order chi connectivity index (χ1) is 15.7. The number of benzene rings is 3. The molecule has 0 spiro atoms. The number of hydrogen-bond donors (Lipinski definition) is 2. The van der Waals surface area contributed by atoms with Crippen molar-refractivity contribution in [3.63, 3.8) is 0 Å². The standard InChI is InChI=1S/C25H28N4O3S/c1-18(2)17-24(29-33(31,32)23-15-9-19(3)10-16-23)25(30)26-20-11-13-22(14-12-20)28-27-21-7-5-4-6-8-21/h4-16,18,24,29H,17H2,1-3H3,(H,26,30)/t24-/m0/s1. The number of hydrogen-bond acceptors (Lipinski definition) is 5. The van der Waals surface area contributed by atoms with Crippen LogP contribution < -0.4 is 10.0 Å². The lowest BCUT2D eigenvalue weighted by molar-refractivity contribution is -0.118. The molecule has 7 nitrogen and oxygen atoms in total. The second-order valence-corrected chi connectivity index (χ2v) is 9.90. The molecule has 0 aliphatic carbocycles. The van der Waals surface area contributed by atoms with Crippen molar-refractivity contribution < 1.29 is 13.2 Å². The summed E-state index contributed by atoms with van der Waals surface area (Å²) in [5.41, 5.74) is 2.88. The van der Waals surface area contributed by atoms with Crippen LogP contribution in [-0.2, 0) is 14.8 Å². The summed E-state index contributed by atoms with van der Waals surface area (Å²) in [7, 11) is -3.84. The summed E-state index contributed by atoms with van der Waals surface area (Å²) in [5, 5.41) is 11.1. The zero-order valence-electron chi connectivity index (χ0n) is 18.9. The molecule has 1 amide bonds. The second-order valence-electron chi connectivity index (χ2n) is 8.19. The van der Waals surface area contributed by atoms with Gasteiger partial charge in [-0.25, -0.2) is 8.42 Å². The van der Waals surface area contributed by atoms with E-state index in [0.717, 1.165) is 11.3 Å². The van der Waals surface area contributed by atoms with Gasteiger partial charge in [0.25, 0.3) is 0 Å². The van der Waals surface area contributed by atoms with E-state index in [1.807, 2.05) is 51.1 Å². The fourth-order valence-electron chi connectivity index (χ4n) is 3.10. The smallest absolute Gasteiger partial charge is 0.242 e. The third-order valence-corrected chi connectivity index (χ3v) is 6.31. The molecular formula is C25H28N4O3S. The summed E-state index contributed by atoms with van der Waals surface area (Å²) in [5.74, 6) is -0.305. The maximum atomic E-state index is 12.9. The predicted molar refractivity (Wildman–Crippen MR) is 130 cm³/mol. The summed E-state index contributed by atoms with van der Waals surface area (Å²) in [6, 6.07) is 21.9. The minimum Gasteiger partial charge on any atom is -0.325 e. The van der Waals surface area contributed by atoms with Gasteiger partial charge in [0.2, 0.25) is 15.9 Å². The number of carbonyl (C=O) groups is 1. The van der Waals surface area contributed by atoms with Crippen molar-refractivity contribution in [1.29, 1.82) is 0 Å². The van der Waals surface area contributed by atoms with Crippen molar-refractivity contribution in [2.24, 2.45) is 16.1 Å². The minimum absolute atomic E-state index is 0.113. The molecule has 3 rings (SSSR count). The highest BCUT2D eigenvalue weighted by atomic mass is 32.2. The van der Waals surface area contributed by atoms with Crippen molar-refractivity contribution in [3.8, 4) is 0 Å². The topological polar surface area (TPSA) is 100.0 Å². The highest BCUT2D eigenvalue weighted by molar-refractivity contribution is 7.89. The van der Waals surface area contributed by atoms with Gasteiger partial charge in [0.15, 0.2) is 0 Å². The van der Waals surface area contributed by atoms with Crippen LogP contribution in [0.25, 0.3) is 0 Å². The van der Waals surface area contributed by atoms with Gasteiger partial charge in [0.1, 0.15) is 6.04 Å².